The average molecular weight is 506 g/mol. The molecule has 0 saturated carbocycles. The van der Waals surface area contributed by atoms with Crippen LogP contribution in [0.1, 0.15) is 17.5 Å². The summed E-state index contributed by atoms with van der Waals surface area (Å²) in [7, 11) is 1.22. The van der Waals surface area contributed by atoms with Crippen LogP contribution in [0, 0.1) is 12.7 Å². The molecule has 0 aliphatic heterocycles. The van der Waals surface area contributed by atoms with Gasteiger partial charge in [-0.25, -0.2) is 23.5 Å². The van der Waals surface area contributed by atoms with E-state index in [1.54, 1.807) is 18.2 Å². The zero-order valence-electron chi connectivity index (χ0n) is 20.2. The van der Waals surface area contributed by atoms with Crippen molar-refractivity contribution in [3.8, 4) is 11.6 Å². The van der Waals surface area contributed by atoms with Gasteiger partial charge in [0.2, 0.25) is 11.8 Å². The zero-order valence-corrected chi connectivity index (χ0v) is 20.2. The van der Waals surface area contributed by atoms with Crippen LogP contribution in [0.4, 0.5) is 16.0 Å². The van der Waals surface area contributed by atoms with Gasteiger partial charge in [-0.1, -0.05) is 35.9 Å². The number of anilines is 2. The molecule has 0 aliphatic rings. The Hall–Kier alpha value is -4.80. The summed E-state index contributed by atoms with van der Waals surface area (Å²) in [4.78, 5) is 45.5. The van der Waals surface area contributed by atoms with E-state index in [2.05, 4.69) is 20.0 Å². The van der Waals surface area contributed by atoms with E-state index < -0.39 is 23.2 Å². The summed E-state index contributed by atoms with van der Waals surface area (Å²) >= 11 is 0. The van der Waals surface area contributed by atoms with Crippen LogP contribution in [0.25, 0.3) is 0 Å². The first kappa shape index (κ1) is 25.3. The van der Waals surface area contributed by atoms with E-state index in [1.807, 2.05) is 31.2 Å². The van der Waals surface area contributed by atoms with E-state index in [4.69, 9.17) is 4.74 Å². The molecule has 0 amide bonds. The molecule has 2 heterocycles. The van der Waals surface area contributed by atoms with Crippen LogP contribution >= 0.6 is 0 Å². The molecule has 11 heteroatoms. The number of carbonyl (C=O) groups excluding carboxylic acids is 1. The first-order valence-corrected chi connectivity index (χ1v) is 11.3. The lowest BCUT2D eigenvalue weighted by molar-refractivity contribution is -0.140. The maximum absolute atomic E-state index is 14.8. The molecule has 4 aromatic rings. The maximum Gasteiger partial charge on any atom is 0.354 e. The number of pyridine rings is 1. The van der Waals surface area contributed by atoms with Crippen LogP contribution in [0.2, 0.25) is 0 Å². The molecule has 37 heavy (non-hydrogen) atoms. The van der Waals surface area contributed by atoms with Crippen molar-refractivity contribution in [1.82, 2.24) is 19.1 Å². The summed E-state index contributed by atoms with van der Waals surface area (Å²) < 4.78 is 26.9. The average Bonchev–Trinajstić information content (AvgIpc) is 2.89. The number of ether oxygens (including phenoxy) is 2. The summed E-state index contributed by atoms with van der Waals surface area (Å²) in [6.45, 7) is 1.82. The Bertz CT molecular complexity index is 1520. The molecule has 2 aromatic heterocycles. The summed E-state index contributed by atoms with van der Waals surface area (Å²) in [6, 6.07) is 16.6. The van der Waals surface area contributed by atoms with E-state index in [0.717, 1.165) is 21.8 Å². The van der Waals surface area contributed by atoms with Crippen LogP contribution in [-0.4, -0.2) is 32.2 Å². The minimum absolute atomic E-state index is 0.0486. The van der Waals surface area contributed by atoms with Gasteiger partial charge in [0.15, 0.2) is 11.6 Å². The number of hydrogen-bond donors (Lipinski definition) is 1. The number of esters is 1. The Balaban J connectivity index is 1.67. The Labute approximate surface area is 211 Å². The standard InChI is InChI=1S/C26H24FN5O5/c1-17-6-8-18(9-7-17)16-32-24(30-25(34)31(26(32)35)14-12-23(33)36-2)29-19-10-11-21(20(27)15-19)37-22-5-3-4-13-28-22/h3-11,13,15H,12,14,16H2,1-2H3,(H,29,30,34). The number of halogens is 1. The SMILES string of the molecule is COC(=O)CCn1c(=O)nc(Nc2ccc(Oc3ccccn3)c(F)c2)n(Cc2ccc(C)cc2)c1=O. The highest BCUT2D eigenvalue weighted by Crippen LogP contribution is 2.26. The molecule has 0 bridgehead atoms. The number of aryl methyl sites for hydroxylation is 1. The van der Waals surface area contributed by atoms with Gasteiger partial charge in [0, 0.05) is 30.6 Å². The van der Waals surface area contributed by atoms with Crippen LogP contribution in [0.15, 0.2) is 76.4 Å². The largest absolute Gasteiger partial charge is 0.469 e. The molecular weight excluding hydrogens is 481 g/mol. The van der Waals surface area contributed by atoms with E-state index in [-0.39, 0.29) is 42.8 Å². The minimum atomic E-state index is -0.855. The second kappa shape index (κ2) is 11.3. The predicted molar refractivity (Wildman–Crippen MR) is 134 cm³/mol. The van der Waals surface area contributed by atoms with Gasteiger partial charge in [0.1, 0.15) is 0 Å². The highest BCUT2D eigenvalue weighted by molar-refractivity contribution is 5.69. The summed E-state index contributed by atoms with van der Waals surface area (Å²) in [5, 5.41) is 2.86. The van der Waals surface area contributed by atoms with Crippen molar-refractivity contribution in [3.05, 3.63) is 105 Å². The Kier molecular flexibility index (Phi) is 7.72. The number of aromatic nitrogens is 4. The van der Waals surface area contributed by atoms with Crippen molar-refractivity contribution in [1.29, 1.82) is 0 Å². The number of rotatable bonds is 9. The highest BCUT2D eigenvalue weighted by atomic mass is 19.1. The Morgan fingerprint density at radius 1 is 1.05 bits per heavy atom. The van der Waals surface area contributed by atoms with Gasteiger partial charge in [-0.15, -0.1) is 0 Å². The normalized spacial score (nSPS) is 10.7. The molecule has 4 rings (SSSR count). The fourth-order valence-corrected chi connectivity index (χ4v) is 3.45. The van der Waals surface area contributed by atoms with Crippen LogP contribution < -0.4 is 21.4 Å². The number of nitrogens with one attached hydrogen (secondary N) is 1. The van der Waals surface area contributed by atoms with Crippen molar-refractivity contribution in [2.75, 3.05) is 12.4 Å². The van der Waals surface area contributed by atoms with E-state index in [1.165, 1.54) is 30.0 Å². The number of methoxy groups -OCH3 is 1. The molecule has 190 valence electrons. The molecule has 0 saturated heterocycles. The fraction of sp³-hybridized carbons (Fsp3) is 0.192. The third-order valence-corrected chi connectivity index (χ3v) is 5.42. The molecular formula is C26H24FN5O5. The Morgan fingerprint density at radius 2 is 1.84 bits per heavy atom. The lowest BCUT2D eigenvalue weighted by Gasteiger charge is -2.16. The predicted octanol–water partition coefficient (Wildman–Crippen LogP) is 3.39. The van der Waals surface area contributed by atoms with Crippen LogP contribution in [0.3, 0.4) is 0 Å². The third kappa shape index (κ3) is 6.26. The Morgan fingerprint density at radius 3 is 2.51 bits per heavy atom. The molecule has 2 aromatic carbocycles. The van der Waals surface area contributed by atoms with Crippen molar-refractivity contribution in [3.63, 3.8) is 0 Å². The second-order valence-corrected chi connectivity index (χ2v) is 8.09. The van der Waals surface area contributed by atoms with Gasteiger partial charge in [0.25, 0.3) is 0 Å². The molecule has 0 unspecified atom stereocenters. The quantitative estimate of drug-likeness (QED) is 0.344. The van der Waals surface area contributed by atoms with Crippen molar-refractivity contribution >= 4 is 17.6 Å². The highest BCUT2D eigenvalue weighted by Gasteiger charge is 2.16. The number of hydrogen-bond acceptors (Lipinski definition) is 8. The molecule has 0 spiro atoms. The molecule has 1 N–H and O–H groups in total. The summed E-state index contributed by atoms with van der Waals surface area (Å²) in [5.74, 6) is -1.15. The number of carbonyl (C=O) groups is 1. The van der Waals surface area contributed by atoms with Crippen LogP contribution in [-0.2, 0) is 22.6 Å². The summed E-state index contributed by atoms with van der Waals surface area (Å²) in [6.07, 6.45) is 1.35. The molecule has 0 fully saturated rings. The van der Waals surface area contributed by atoms with Crippen molar-refractivity contribution in [2.45, 2.75) is 26.4 Å². The first-order valence-electron chi connectivity index (χ1n) is 11.3. The monoisotopic (exact) mass is 505 g/mol. The van der Waals surface area contributed by atoms with Gasteiger partial charge in [-0.2, -0.15) is 4.98 Å². The fourth-order valence-electron chi connectivity index (χ4n) is 3.45. The summed E-state index contributed by atoms with van der Waals surface area (Å²) in [5.41, 5.74) is 0.525. The number of benzene rings is 2. The first-order chi connectivity index (χ1) is 17.8. The lowest BCUT2D eigenvalue weighted by atomic mass is 10.1. The van der Waals surface area contributed by atoms with Gasteiger partial charge in [-0.3, -0.25) is 9.36 Å². The zero-order chi connectivity index (χ0) is 26.4. The van der Waals surface area contributed by atoms with Crippen molar-refractivity contribution < 1.29 is 18.7 Å². The third-order valence-electron chi connectivity index (χ3n) is 5.42. The minimum Gasteiger partial charge on any atom is -0.469 e. The van der Waals surface area contributed by atoms with Crippen LogP contribution in [0.5, 0.6) is 11.6 Å². The van der Waals surface area contributed by atoms with Gasteiger partial charge in [0.05, 0.1) is 20.1 Å². The number of nitrogens with zero attached hydrogens (tertiary/aromatic N) is 4. The molecule has 10 nitrogen and oxygen atoms in total. The van der Waals surface area contributed by atoms with Gasteiger partial charge < -0.3 is 14.8 Å². The van der Waals surface area contributed by atoms with E-state index in [9.17, 15) is 18.8 Å². The van der Waals surface area contributed by atoms with E-state index >= 15 is 0 Å². The van der Waals surface area contributed by atoms with E-state index in [0.29, 0.717) is 0 Å². The molecule has 0 atom stereocenters. The van der Waals surface area contributed by atoms with Gasteiger partial charge >= 0.3 is 17.3 Å². The lowest BCUT2D eigenvalue weighted by Crippen LogP contribution is -2.43. The smallest absolute Gasteiger partial charge is 0.354 e. The topological polar surface area (TPSA) is 117 Å². The van der Waals surface area contributed by atoms with Gasteiger partial charge in [-0.05, 0) is 30.7 Å². The molecule has 0 radical (unpaired) electrons. The molecule has 0 aliphatic carbocycles. The maximum atomic E-state index is 14.8. The van der Waals surface area contributed by atoms with Crippen molar-refractivity contribution in [2.24, 2.45) is 0 Å². The second-order valence-electron chi connectivity index (χ2n) is 8.09.